The van der Waals surface area contributed by atoms with Gasteiger partial charge in [-0.3, -0.25) is 14.5 Å². The fraction of sp³-hybridized carbons (Fsp3) is 0.263. The first kappa shape index (κ1) is 20.2. The molecule has 0 saturated carbocycles. The third-order valence-electron chi connectivity index (χ3n) is 4.86. The van der Waals surface area contributed by atoms with Gasteiger partial charge in [-0.25, -0.2) is 8.42 Å². The average molecular weight is 421 g/mol. The molecule has 9 heteroatoms. The number of amidine groups is 1. The highest BCUT2D eigenvalue weighted by atomic mass is 35.5. The second-order valence-corrected chi connectivity index (χ2v) is 8.39. The molecule has 0 aromatic heterocycles. The number of hydrogen-bond donors (Lipinski definition) is 3. The number of fused-ring (bicyclic) bond motifs is 2. The van der Waals surface area contributed by atoms with E-state index in [1.807, 2.05) is 18.2 Å². The second-order valence-electron chi connectivity index (χ2n) is 6.74. The minimum absolute atomic E-state index is 0. The number of aryl methyl sites for hydroxylation is 1. The quantitative estimate of drug-likeness (QED) is 0.658. The number of aliphatic imine (C=N–C) groups is 1. The van der Waals surface area contributed by atoms with Crippen molar-refractivity contribution in [2.75, 3.05) is 12.3 Å². The Morgan fingerprint density at radius 1 is 1.25 bits per heavy atom. The Bertz CT molecular complexity index is 1050. The SMILES string of the molecule is Cl.Nc1ccc2c(c1)CCCC2NC(=O)CN=C1NS(=O)(=O)c2ccccc21. The van der Waals surface area contributed by atoms with Crippen LogP contribution in [0.3, 0.4) is 0 Å². The van der Waals surface area contributed by atoms with Crippen LogP contribution in [0, 0.1) is 0 Å². The Kier molecular flexibility index (Phi) is 5.62. The van der Waals surface area contributed by atoms with Gasteiger partial charge >= 0.3 is 0 Å². The number of benzene rings is 2. The first-order chi connectivity index (χ1) is 12.9. The number of halogens is 1. The molecule has 0 radical (unpaired) electrons. The van der Waals surface area contributed by atoms with E-state index in [0.717, 1.165) is 36.1 Å². The van der Waals surface area contributed by atoms with Gasteiger partial charge in [-0.2, -0.15) is 0 Å². The number of rotatable bonds is 3. The number of nitrogen functional groups attached to an aromatic ring is 1. The van der Waals surface area contributed by atoms with Crippen LogP contribution in [-0.4, -0.2) is 26.7 Å². The van der Waals surface area contributed by atoms with Crippen LogP contribution in [0.1, 0.15) is 35.6 Å². The van der Waals surface area contributed by atoms with Gasteiger partial charge in [0.2, 0.25) is 5.91 Å². The highest BCUT2D eigenvalue weighted by Crippen LogP contribution is 2.31. The number of hydrogen-bond acceptors (Lipinski definition) is 5. The van der Waals surface area contributed by atoms with Crippen molar-refractivity contribution >= 4 is 39.9 Å². The van der Waals surface area contributed by atoms with Crippen LogP contribution in [-0.2, 0) is 21.2 Å². The summed E-state index contributed by atoms with van der Waals surface area (Å²) in [7, 11) is -3.60. The Morgan fingerprint density at radius 3 is 2.86 bits per heavy atom. The molecule has 28 heavy (non-hydrogen) atoms. The van der Waals surface area contributed by atoms with Crippen LogP contribution in [0.15, 0.2) is 52.4 Å². The van der Waals surface area contributed by atoms with Crippen molar-refractivity contribution in [3.8, 4) is 0 Å². The Hall–Kier alpha value is -2.58. The molecule has 0 fully saturated rings. The number of anilines is 1. The lowest BCUT2D eigenvalue weighted by Crippen LogP contribution is -2.33. The second kappa shape index (κ2) is 7.81. The van der Waals surface area contributed by atoms with Gasteiger partial charge in [-0.05, 0) is 54.7 Å². The Labute approximate surface area is 169 Å². The zero-order valence-corrected chi connectivity index (χ0v) is 16.6. The third-order valence-corrected chi connectivity index (χ3v) is 6.26. The predicted octanol–water partition coefficient (Wildman–Crippen LogP) is 1.92. The fourth-order valence-electron chi connectivity index (χ4n) is 3.63. The summed E-state index contributed by atoms with van der Waals surface area (Å²) in [5.41, 5.74) is 9.31. The topological polar surface area (TPSA) is 114 Å². The molecule has 0 saturated heterocycles. The number of carbonyl (C=O) groups is 1. The average Bonchev–Trinajstić information content (AvgIpc) is 2.91. The monoisotopic (exact) mass is 420 g/mol. The van der Waals surface area contributed by atoms with Gasteiger partial charge in [0.1, 0.15) is 12.4 Å². The molecule has 1 aliphatic heterocycles. The molecule has 148 valence electrons. The van der Waals surface area contributed by atoms with E-state index >= 15 is 0 Å². The van der Waals surface area contributed by atoms with Crippen LogP contribution < -0.4 is 15.8 Å². The zero-order valence-electron chi connectivity index (χ0n) is 15.0. The smallest absolute Gasteiger partial charge is 0.263 e. The van der Waals surface area contributed by atoms with Crippen LogP contribution in [0.2, 0.25) is 0 Å². The lowest BCUT2D eigenvalue weighted by molar-refractivity contribution is -0.120. The number of nitrogens with zero attached hydrogens (tertiary/aromatic N) is 1. The maximum Gasteiger partial charge on any atom is 0.263 e. The van der Waals surface area contributed by atoms with Gasteiger partial charge in [0.05, 0.1) is 10.9 Å². The standard InChI is InChI=1S/C19H20N4O3S.ClH/c20-13-8-9-14-12(10-13)4-3-6-16(14)22-18(24)11-21-19-15-5-1-2-7-17(15)27(25,26)23-19;/h1-2,5,7-10,16H,3-4,6,11,20H2,(H,21,23)(H,22,24);1H. The Balaban J connectivity index is 0.00000225. The summed E-state index contributed by atoms with van der Waals surface area (Å²) in [6, 6.07) is 12.3. The van der Waals surface area contributed by atoms with Gasteiger partial charge in [-0.15, -0.1) is 12.4 Å². The molecule has 2 aromatic carbocycles. The van der Waals surface area contributed by atoms with Crippen LogP contribution in [0.5, 0.6) is 0 Å². The third kappa shape index (κ3) is 3.83. The summed E-state index contributed by atoms with van der Waals surface area (Å²) in [6.45, 7) is -0.146. The van der Waals surface area contributed by atoms with E-state index in [0.29, 0.717) is 5.56 Å². The minimum Gasteiger partial charge on any atom is -0.399 e. The maximum absolute atomic E-state index is 12.4. The van der Waals surface area contributed by atoms with Gasteiger partial charge in [0.15, 0.2) is 0 Å². The van der Waals surface area contributed by atoms with E-state index in [1.165, 1.54) is 6.07 Å². The van der Waals surface area contributed by atoms with Crippen molar-refractivity contribution in [1.82, 2.24) is 10.0 Å². The van der Waals surface area contributed by atoms with E-state index in [9.17, 15) is 13.2 Å². The van der Waals surface area contributed by atoms with Crippen molar-refractivity contribution in [2.24, 2.45) is 4.99 Å². The Morgan fingerprint density at radius 2 is 2.04 bits per heavy atom. The minimum atomic E-state index is -3.60. The number of carbonyl (C=O) groups excluding carboxylic acids is 1. The van der Waals surface area contributed by atoms with E-state index in [-0.39, 0.29) is 41.6 Å². The van der Waals surface area contributed by atoms with Gasteiger partial charge in [-0.1, -0.05) is 18.2 Å². The highest BCUT2D eigenvalue weighted by Gasteiger charge is 2.30. The number of amides is 1. The van der Waals surface area contributed by atoms with Gasteiger partial charge in [0, 0.05) is 11.3 Å². The highest BCUT2D eigenvalue weighted by molar-refractivity contribution is 7.90. The molecule has 0 bridgehead atoms. The first-order valence-electron chi connectivity index (χ1n) is 8.78. The first-order valence-corrected chi connectivity index (χ1v) is 10.3. The molecule has 4 N–H and O–H groups in total. The molecule has 2 aromatic rings. The lowest BCUT2D eigenvalue weighted by atomic mass is 9.87. The maximum atomic E-state index is 12.4. The molecule has 7 nitrogen and oxygen atoms in total. The number of nitrogens with two attached hydrogens (primary N) is 1. The largest absolute Gasteiger partial charge is 0.399 e. The fourth-order valence-corrected chi connectivity index (χ4v) is 4.88. The lowest BCUT2D eigenvalue weighted by Gasteiger charge is -2.26. The molecule has 1 atom stereocenters. The molecule has 1 amide bonds. The normalized spacial score (nSPS) is 20.4. The van der Waals surface area contributed by atoms with E-state index in [1.54, 1.807) is 18.2 Å². The molecule has 0 spiro atoms. The molecular weight excluding hydrogens is 400 g/mol. The summed E-state index contributed by atoms with van der Waals surface area (Å²) in [5.74, 6) is -0.0432. The zero-order chi connectivity index (χ0) is 19.0. The van der Waals surface area contributed by atoms with E-state index < -0.39 is 10.0 Å². The van der Waals surface area contributed by atoms with Crippen molar-refractivity contribution in [3.63, 3.8) is 0 Å². The summed E-state index contributed by atoms with van der Waals surface area (Å²) in [6.07, 6.45) is 2.78. The molecule has 1 unspecified atom stereocenters. The molecular formula is C19H21ClN4O3S. The van der Waals surface area contributed by atoms with Crippen molar-refractivity contribution in [2.45, 2.75) is 30.2 Å². The molecule has 1 aliphatic carbocycles. The van der Waals surface area contributed by atoms with Crippen molar-refractivity contribution < 1.29 is 13.2 Å². The number of nitrogens with one attached hydrogen (secondary N) is 2. The predicted molar refractivity (Wildman–Crippen MR) is 110 cm³/mol. The van der Waals surface area contributed by atoms with Crippen LogP contribution in [0.4, 0.5) is 5.69 Å². The molecule has 2 aliphatic rings. The van der Waals surface area contributed by atoms with Gasteiger partial charge in [0.25, 0.3) is 10.0 Å². The number of sulfonamides is 1. The molecule has 4 rings (SSSR count). The van der Waals surface area contributed by atoms with Gasteiger partial charge < -0.3 is 11.1 Å². The van der Waals surface area contributed by atoms with Crippen LogP contribution >= 0.6 is 12.4 Å². The van der Waals surface area contributed by atoms with Crippen LogP contribution in [0.25, 0.3) is 0 Å². The summed E-state index contributed by atoms with van der Waals surface area (Å²) in [4.78, 5) is 16.8. The molecule has 1 heterocycles. The summed E-state index contributed by atoms with van der Waals surface area (Å²) < 4.78 is 26.6. The summed E-state index contributed by atoms with van der Waals surface area (Å²) in [5, 5.41) is 3.00. The van der Waals surface area contributed by atoms with E-state index in [4.69, 9.17) is 5.73 Å². The van der Waals surface area contributed by atoms with Crippen molar-refractivity contribution in [1.29, 1.82) is 0 Å². The summed E-state index contributed by atoms with van der Waals surface area (Å²) >= 11 is 0. The van der Waals surface area contributed by atoms with E-state index in [2.05, 4.69) is 15.0 Å². The van der Waals surface area contributed by atoms with Crippen molar-refractivity contribution in [3.05, 3.63) is 59.2 Å².